The van der Waals surface area contributed by atoms with E-state index in [-0.39, 0.29) is 5.56 Å². The summed E-state index contributed by atoms with van der Waals surface area (Å²) in [5, 5.41) is 22.5. The van der Waals surface area contributed by atoms with Crippen LogP contribution in [-0.2, 0) is 19.7 Å². The first kappa shape index (κ1) is 22.8. The lowest BCUT2D eigenvalue weighted by molar-refractivity contribution is 0.117. The largest absolute Gasteiger partial charge is 0.374 e. The number of aromatic nitrogens is 3. The van der Waals surface area contributed by atoms with Gasteiger partial charge in [0, 0.05) is 25.5 Å². The van der Waals surface area contributed by atoms with Gasteiger partial charge in [0.1, 0.15) is 0 Å². The maximum atomic E-state index is 12.8. The Labute approximate surface area is 207 Å². The number of pyridine rings is 1. The molecule has 5 rings (SSSR count). The van der Waals surface area contributed by atoms with Crippen molar-refractivity contribution in [3.8, 4) is 17.2 Å². The van der Waals surface area contributed by atoms with Gasteiger partial charge in [-0.25, -0.2) is 9.83 Å². The third-order valence-corrected chi connectivity index (χ3v) is 6.57. The Morgan fingerprint density at radius 1 is 1.03 bits per heavy atom. The molecule has 0 unspecified atom stereocenters. The van der Waals surface area contributed by atoms with Gasteiger partial charge in [0.25, 0.3) is 5.56 Å². The predicted octanol–water partition coefficient (Wildman–Crippen LogP) is 4.65. The van der Waals surface area contributed by atoms with Crippen LogP contribution in [-0.4, -0.2) is 19.2 Å². The molecule has 5 aromatic rings. The summed E-state index contributed by atoms with van der Waals surface area (Å²) in [6, 6.07) is 23.1. The Kier molecular flexibility index (Phi) is 5.49. The van der Waals surface area contributed by atoms with Gasteiger partial charge in [-0.1, -0.05) is 42.5 Å². The highest BCUT2D eigenvalue weighted by Gasteiger charge is 2.37. The molecule has 0 aliphatic carbocycles. The van der Waals surface area contributed by atoms with E-state index in [0.29, 0.717) is 39.2 Å². The van der Waals surface area contributed by atoms with Crippen molar-refractivity contribution in [3.63, 3.8) is 0 Å². The van der Waals surface area contributed by atoms with Gasteiger partial charge in [-0.05, 0) is 46.5 Å². The third kappa shape index (κ3) is 3.56. The highest BCUT2D eigenvalue weighted by molar-refractivity contribution is 5.95. The second kappa shape index (κ2) is 8.66. The van der Waals surface area contributed by atoms with E-state index in [2.05, 4.69) is 15.9 Å². The van der Waals surface area contributed by atoms with E-state index < -0.39 is 5.60 Å². The average Bonchev–Trinajstić information content (AvgIpc) is 3.36. The first-order chi connectivity index (χ1) is 17.4. The van der Waals surface area contributed by atoms with Crippen molar-refractivity contribution in [2.24, 2.45) is 14.1 Å². The molecular weight excluding hydrogens is 450 g/mol. The molecule has 1 atom stereocenters. The number of fused-ring (bicyclic) bond motifs is 1. The summed E-state index contributed by atoms with van der Waals surface area (Å²) in [5.41, 5.74) is 3.01. The Bertz CT molecular complexity index is 1770. The minimum absolute atomic E-state index is 0.177. The van der Waals surface area contributed by atoms with E-state index in [0.717, 1.165) is 10.9 Å². The van der Waals surface area contributed by atoms with Crippen molar-refractivity contribution < 1.29 is 5.11 Å². The van der Waals surface area contributed by atoms with Gasteiger partial charge in [-0.3, -0.25) is 4.79 Å². The SMILES string of the molecule is [C-]#[N+]c1ccc([C@@](O)(c2ccc3c(c2)c(-c2cccc(C#N)c2)cc(=O)n3C)c2cncn2C)cc1. The van der Waals surface area contributed by atoms with Crippen LogP contribution in [0.2, 0.25) is 0 Å². The zero-order valence-corrected chi connectivity index (χ0v) is 19.7. The normalized spacial score (nSPS) is 12.6. The van der Waals surface area contributed by atoms with Crippen molar-refractivity contribution in [2.75, 3.05) is 0 Å². The molecule has 36 heavy (non-hydrogen) atoms. The fraction of sp³-hybridized carbons (Fsp3) is 0.103. The molecule has 7 heteroatoms. The number of benzene rings is 3. The van der Waals surface area contributed by atoms with Crippen molar-refractivity contribution in [3.05, 3.63) is 129 Å². The topological polar surface area (TPSA) is 88.2 Å². The Morgan fingerprint density at radius 2 is 1.78 bits per heavy atom. The van der Waals surface area contributed by atoms with Crippen LogP contribution < -0.4 is 5.56 Å². The lowest BCUT2D eigenvalue weighted by Gasteiger charge is -2.30. The summed E-state index contributed by atoms with van der Waals surface area (Å²) in [6.45, 7) is 7.27. The molecule has 0 saturated heterocycles. The van der Waals surface area contributed by atoms with Gasteiger partial charge in [-0.15, -0.1) is 0 Å². The van der Waals surface area contributed by atoms with Gasteiger partial charge >= 0.3 is 0 Å². The van der Waals surface area contributed by atoms with Crippen LogP contribution in [0.4, 0.5) is 5.69 Å². The Hall–Kier alpha value is -4.98. The summed E-state index contributed by atoms with van der Waals surface area (Å²) < 4.78 is 3.31. The van der Waals surface area contributed by atoms with E-state index in [9.17, 15) is 15.2 Å². The second-order valence-electron chi connectivity index (χ2n) is 8.64. The van der Waals surface area contributed by atoms with Crippen molar-refractivity contribution in [1.29, 1.82) is 5.26 Å². The fourth-order valence-electron chi connectivity index (χ4n) is 4.63. The first-order valence-corrected chi connectivity index (χ1v) is 11.2. The summed E-state index contributed by atoms with van der Waals surface area (Å²) in [5.74, 6) is 0. The highest BCUT2D eigenvalue weighted by Crippen LogP contribution is 2.39. The van der Waals surface area contributed by atoms with Crippen LogP contribution in [0.3, 0.4) is 0 Å². The van der Waals surface area contributed by atoms with Gasteiger partial charge in [0.15, 0.2) is 11.3 Å². The second-order valence-corrected chi connectivity index (χ2v) is 8.64. The lowest BCUT2D eigenvalue weighted by atomic mass is 9.82. The summed E-state index contributed by atoms with van der Waals surface area (Å²) in [4.78, 5) is 20.5. The summed E-state index contributed by atoms with van der Waals surface area (Å²) in [7, 11) is 3.51. The zero-order valence-electron chi connectivity index (χ0n) is 19.7. The zero-order chi connectivity index (χ0) is 25.4. The monoisotopic (exact) mass is 471 g/mol. The quantitative estimate of drug-likeness (QED) is 0.387. The molecule has 0 bridgehead atoms. The number of imidazole rings is 1. The molecule has 0 aliphatic rings. The van der Waals surface area contributed by atoms with Gasteiger partial charge in [0.2, 0.25) is 0 Å². The van der Waals surface area contributed by atoms with E-state index in [1.165, 1.54) is 0 Å². The van der Waals surface area contributed by atoms with Crippen LogP contribution >= 0.6 is 0 Å². The lowest BCUT2D eigenvalue weighted by Crippen LogP contribution is -2.31. The molecule has 0 aliphatic heterocycles. The van der Waals surface area contributed by atoms with E-state index in [4.69, 9.17) is 6.57 Å². The third-order valence-electron chi connectivity index (χ3n) is 6.57. The summed E-state index contributed by atoms with van der Waals surface area (Å²) >= 11 is 0. The maximum absolute atomic E-state index is 12.8. The molecule has 174 valence electrons. The molecule has 2 heterocycles. The molecule has 1 N–H and O–H groups in total. The molecule has 0 radical (unpaired) electrons. The average molecular weight is 472 g/mol. The van der Waals surface area contributed by atoms with E-state index >= 15 is 0 Å². The number of aryl methyl sites for hydroxylation is 2. The Balaban J connectivity index is 1.83. The molecule has 0 spiro atoms. The fourth-order valence-corrected chi connectivity index (χ4v) is 4.63. The van der Waals surface area contributed by atoms with Crippen LogP contribution in [0.1, 0.15) is 22.4 Å². The van der Waals surface area contributed by atoms with E-state index in [1.54, 1.807) is 83.3 Å². The number of hydrogen-bond donors (Lipinski definition) is 1. The van der Waals surface area contributed by atoms with Crippen LogP contribution in [0.25, 0.3) is 26.9 Å². The van der Waals surface area contributed by atoms with Crippen LogP contribution in [0.15, 0.2) is 90.1 Å². The smallest absolute Gasteiger partial charge is 0.251 e. The number of rotatable bonds is 4. The minimum Gasteiger partial charge on any atom is -0.374 e. The van der Waals surface area contributed by atoms with E-state index in [1.807, 2.05) is 25.2 Å². The van der Waals surface area contributed by atoms with Gasteiger partial charge in [-0.2, -0.15) is 5.26 Å². The number of aliphatic hydroxyl groups is 1. The van der Waals surface area contributed by atoms with Gasteiger partial charge in [0.05, 0.1) is 41.9 Å². The molecule has 0 saturated carbocycles. The van der Waals surface area contributed by atoms with Crippen molar-refractivity contribution >= 4 is 16.6 Å². The highest BCUT2D eigenvalue weighted by atomic mass is 16.3. The predicted molar refractivity (Wildman–Crippen MR) is 137 cm³/mol. The molecule has 7 nitrogen and oxygen atoms in total. The van der Waals surface area contributed by atoms with Crippen molar-refractivity contribution in [1.82, 2.24) is 14.1 Å². The van der Waals surface area contributed by atoms with Crippen LogP contribution in [0.5, 0.6) is 0 Å². The molecule has 3 aromatic carbocycles. The maximum Gasteiger partial charge on any atom is 0.251 e. The van der Waals surface area contributed by atoms with Crippen molar-refractivity contribution in [2.45, 2.75) is 5.60 Å². The minimum atomic E-state index is -1.58. The number of nitriles is 1. The first-order valence-electron chi connectivity index (χ1n) is 11.2. The molecule has 2 aromatic heterocycles. The molecule has 0 fully saturated rings. The number of hydrogen-bond acceptors (Lipinski definition) is 4. The van der Waals surface area contributed by atoms with Gasteiger partial charge < -0.3 is 14.2 Å². The standard InChI is InChI=1S/C29H21N5O2/c1-31-23-10-7-21(8-11-23)29(36,27-17-32-18-33(27)2)22-9-12-26-25(14-22)24(15-28(35)34(26)3)20-6-4-5-19(13-20)16-30/h4-15,17-18,36H,2-3H3/t29-/m1/s1. The molecular formula is C29H21N5O2. The Morgan fingerprint density at radius 3 is 2.44 bits per heavy atom. The van der Waals surface area contributed by atoms with Crippen LogP contribution in [0, 0.1) is 17.9 Å². The molecule has 0 amide bonds. The number of nitrogens with zero attached hydrogens (tertiary/aromatic N) is 5. The summed E-state index contributed by atoms with van der Waals surface area (Å²) in [6.07, 6.45) is 3.24.